The number of nitrogens with zero attached hydrogens (tertiary/aromatic N) is 1. The summed E-state index contributed by atoms with van der Waals surface area (Å²) in [5, 5.41) is 3.33. The minimum atomic E-state index is -0.650. The van der Waals surface area contributed by atoms with Gasteiger partial charge in [-0.15, -0.1) is 0 Å². The van der Waals surface area contributed by atoms with Gasteiger partial charge in [-0.3, -0.25) is 9.59 Å². The SMILES string of the molecule is Cc1ccc(C(=O)N2CCCC(C(=O)NC(C)(c3ccccc3)c3ccccc3)C2)cc1. The van der Waals surface area contributed by atoms with Crippen molar-refractivity contribution in [1.29, 1.82) is 0 Å². The highest BCUT2D eigenvalue weighted by Gasteiger charge is 2.35. The number of piperidine rings is 1. The first-order valence-corrected chi connectivity index (χ1v) is 11.3. The summed E-state index contributed by atoms with van der Waals surface area (Å²) in [4.78, 5) is 28.3. The van der Waals surface area contributed by atoms with Crippen molar-refractivity contribution in [3.05, 3.63) is 107 Å². The first kappa shape index (κ1) is 21.8. The molecule has 4 rings (SSSR count). The van der Waals surface area contributed by atoms with Crippen LogP contribution in [0.5, 0.6) is 0 Å². The number of hydrogen-bond acceptors (Lipinski definition) is 2. The van der Waals surface area contributed by atoms with Gasteiger partial charge < -0.3 is 10.2 Å². The Morgan fingerprint density at radius 2 is 1.44 bits per heavy atom. The van der Waals surface area contributed by atoms with Crippen molar-refractivity contribution in [1.82, 2.24) is 10.2 Å². The molecule has 32 heavy (non-hydrogen) atoms. The van der Waals surface area contributed by atoms with E-state index in [4.69, 9.17) is 0 Å². The second kappa shape index (κ2) is 9.39. The largest absolute Gasteiger partial charge is 0.342 e. The van der Waals surface area contributed by atoms with E-state index < -0.39 is 5.54 Å². The van der Waals surface area contributed by atoms with Gasteiger partial charge in [0, 0.05) is 18.7 Å². The summed E-state index contributed by atoms with van der Waals surface area (Å²) in [5.74, 6) is -0.247. The number of carbonyl (C=O) groups excluding carboxylic acids is 2. The third kappa shape index (κ3) is 4.59. The summed E-state index contributed by atoms with van der Waals surface area (Å²) in [6.07, 6.45) is 1.60. The Morgan fingerprint density at radius 1 is 0.875 bits per heavy atom. The van der Waals surface area contributed by atoms with E-state index in [0.29, 0.717) is 18.7 Å². The van der Waals surface area contributed by atoms with Crippen LogP contribution in [-0.2, 0) is 10.3 Å². The molecule has 1 saturated heterocycles. The van der Waals surface area contributed by atoms with Crippen molar-refractivity contribution < 1.29 is 9.59 Å². The van der Waals surface area contributed by atoms with Gasteiger partial charge in [0.05, 0.1) is 11.5 Å². The topological polar surface area (TPSA) is 49.4 Å². The monoisotopic (exact) mass is 426 g/mol. The highest BCUT2D eigenvalue weighted by atomic mass is 16.2. The average molecular weight is 427 g/mol. The molecule has 164 valence electrons. The standard InChI is InChI=1S/C28H30N2O2/c1-21-15-17-22(18-16-21)27(32)30-19-9-10-23(20-30)26(31)29-28(2,24-11-5-3-6-12-24)25-13-7-4-8-14-25/h3-8,11-18,23H,9-10,19-20H2,1-2H3,(H,29,31). The summed E-state index contributed by atoms with van der Waals surface area (Å²) >= 11 is 0. The molecule has 3 aromatic rings. The van der Waals surface area contributed by atoms with Crippen LogP contribution < -0.4 is 5.32 Å². The normalized spacial score (nSPS) is 16.4. The Hall–Kier alpha value is -3.40. The van der Waals surface area contributed by atoms with Crippen LogP contribution >= 0.6 is 0 Å². The third-order valence-corrected chi connectivity index (χ3v) is 6.45. The molecule has 0 spiro atoms. The molecule has 4 nitrogen and oxygen atoms in total. The smallest absolute Gasteiger partial charge is 0.253 e. The molecule has 0 bridgehead atoms. The van der Waals surface area contributed by atoms with Gasteiger partial charge in [0.1, 0.15) is 0 Å². The molecule has 1 N–H and O–H groups in total. The molecule has 1 aliphatic heterocycles. The Morgan fingerprint density at radius 3 is 2.00 bits per heavy atom. The van der Waals surface area contributed by atoms with Gasteiger partial charge in [-0.05, 0) is 49.9 Å². The number of hydrogen-bond donors (Lipinski definition) is 1. The number of nitrogens with one attached hydrogen (secondary N) is 1. The van der Waals surface area contributed by atoms with E-state index in [9.17, 15) is 9.59 Å². The lowest BCUT2D eigenvalue weighted by Gasteiger charge is -2.37. The fourth-order valence-corrected chi connectivity index (χ4v) is 4.46. The molecule has 1 unspecified atom stereocenters. The highest BCUT2D eigenvalue weighted by Crippen LogP contribution is 2.30. The molecular weight excluding hydrogens is 396 g/mol. The maximum atomic E-state index is 13.5. The number of aryl methyl sites for hydroxylation is 1. The van der Waals surface area contributed by atoms with E-state index in [1.807, 2.05) is 104 Å². The summed E-state index contributed by atoms with van der Waals surface area (Å²) in [7, 11) is 0. The van der Waals surface area contributed by atoms with E-state index >= 15 is 0 Å². The maximum Gasteiger partial charge on any atom is 0.253 e. The van der Waals surface area contributed by atoms with Crippen LogP contribution in [0.3, 0.4) is 0 Å². The van der Waals surface area contributed by atoms with E-state index in [1.54, 1.807) is 0 Å². The zero-order chi connectivity index (χ0) is 22.6. The van der Waals surface area contributed by atoms with Crippen LogP contribution in [0, 0.1) is 12.8 Å². The molecule has 1 heterocycles. The lowest BCUT2D eigenvalue weighted by atomic mass is 9.83. The Balaban J connectivity index is 1.53. The van der Waals surface area contributed by atoms with Crippen LogP contribution in [-0.4, -0.2) is 29.8 Å². The summed E-state index contributed by atoms with van der Waals surface area (Å²) in [5.41, 5.74) is 3.21. The second-order valence-electron chi connectivity index (χ2n) is 8.80. The average Bonchev–Trinajstić information content (AvgIpc) is 2.85. The van der Waals surface area contributed by atoms with Gasteiger partial charge in [-0.25, -0.2) is 0 Å². The highest BCUT2D eigenvalue weighted by molar-refractivity contribution is 5.94. The van der Waals surface area contributed by atoms with Crippen molar-refractivity contribution in [2.45, 2.75) is 32.2 Å². The van der Waals surface area contributed by atoms with Gasteiger partial charge in [-0.2, -0.15) is 0 Å². The molecule has 0 aliphatic carbocycles. The van der Waals surface area contributed by atoms with Gasteiger partial charge in [-0.1, -0.05) is 78.4 Å². The van der Waals surface area contributed by atoms with E-state index in [-0.39, 0.29) is 17.7 Å². The number of carbonyl (C=O) groups is 2. The molecule has 1 atom stereocenters. The summed E-state index contributed by atoms with van der Waals surface area (Å²) in [6.45, 7) is 5.18. The number of benzene rings is 3. The van der Waals surface area contributed by atoms with Crippen LogP contribution in [0.25, 0.3) is 0 Å². The van der Waals surface area contributed by atoms with Crippen molar-refractivity contribution in [2.75, 3.05) is 13.1 Å². The number of rotatable bonds is 5. The van der Waals surface area contributed by atoms with Crippen molar-refractivity contribution in [3.8, 4) is 0 Å². The first-order chi connectivity index (χ1) is 15.5. The molecule has 0 radical (unpaired) electrons. The minimum Gasteiger partial charge on any atom is -0.342 e. The lowest BCUT2D eigenvalue weighted by Crippen LogP contribution is -2.51. The van der Waals surface area contributed by atoms with Crippen LogP contribution in [0.4, 0.5) is 0 Å². The van der Waals surface area contributed by atoms with Crippen molar-refractivity contribution >= 4 is 11.8 Å². The maximum absolute atomic E-state index is 13.5. The van der Waals surface area contributed by atoms with E-state index in [1.165, 1.54) is 0 Å². The van der Waals surface area contributed by atoms with Crippen LogP contribution in [0.15, 0.2) is 84.9 Å². The van der Waals surface area contributed by atoms with Gasteiger partial charge in [0.25, 0.3) is 5.91 Å². The molecule has 0 aromatic heterocycles. The molecule has 2 amide bonds. The Bertz CT molecular complexity index is 1020. The molecule has 3 aromatic carbocycles. The predicted molar refractivity (Wildman–Crippen MR) is 127 cm³/mol. The third-order valence-electron chi connectivity index (χ3n) is 6.45. The van der Waals surface area contributed by atoms with E-state index in [2.05, 4.69) is 5.32 Å². The van der Waals surface area contributed by atoms with Crippen molar-refractivity contribution in [3.63, 3.8) is 0 Å². The van der Waals surface area contributed by atoms with Gasteiger partial charge in [0.2, 0.25) is 5.91 Å². The fraction of sp³-hybridized carbons (Fsp3) is 0.286. The van der Waals surface area contributed by atoms with Crippen molar-refractivity contribution in [2.24, 2.45) is 5.92 Å². The number of amides is 2. The van der Waals surface area contributed by atoms with Crippen LogP contribution in [0.2, 0.25) is 0 Å². The zero-order valence-electron chi connectivity index (χ0n) is 18.8. The quantitative estimate of drug-likeness (QED) is 0.629. The first-order valence-electron chi connectivity index (χ1n) is 11.3. The van der Waals surface area contributed by atoms with Gasteiger partial charge in [0.15, 0.2) is 0 Å². The van der Waals surface area contributed by atoms with Gasteiger partial charge >= 0.3 is 0 Å². The molecule has 0 saturated carbocycles. The van der Waals surface area contributed by atoms with Crippen LogP contribution in [0.1, 0.15) is 46.8 Å². The predicted octanol–water partition coefficient (Wildman–Crippen LogP) is 4.93. The Labute approximate surface area is 190 Å². The summed E-state index contributed by atoms with van der Waals surface area (Å²) in [6, 6.07) is 27.7. The molecule has 1 aliphatic rings. The molecular formula is C28H30N2O2. The Kier molecular flexibility index (Phi) is 6.40. The minimum absolute atomic E-state index is 0.00335. The second-order valence-corrected chi connectivity index (χ2v) is 8.80. The fourth-order valence-electron chi connectivity index (χ4n) is 4.46. The molecule has 4 heteroatoms. The lowest BCUT2D eigenvalue weighted by molar-refractivity contribution is -0.127. The zero-order valence-corrected chi connectivity index (χ0v) is 18.8. The molecule has 1 fully saturated rings. The van der Waals surface area contributed by atoms with E-state index in [0.717, 1.165) is 29.5 Å². The number of likely N-dealkylation sites (tertiary alicyclic amines) is 1. The summed E-state index contributed by atoms with van der Waals surface area (Å²) < 4.78 is 0.